The molecule has 4 heteroatoms. The first kappa shape index (κ1) is 17.3. The fourth-order valence-corrected chi connectivity index (χ4v) is 2.83. The van der Waals surface area contributed by atoms with Gasteiger partial charge in [0.05, 0.1) is 18.4 Å². The predicted molar refractivity (Wildman–Crippen MR) is 88.7 cm³/mol. The third-order valence-electron chi connectivity index (χ3n) is 3.83. The number of aliphatic hydroxyl groups excluding tert-OH is 1. The van der Waals surface area contributed by atoms with Crippen molar-refractivity contribution in [3.8, 4) is 0 Å². The zero-order chi connectivity index (χ0) is 16.8. The van der Waals surface area contributed by atoms with E-state index in [0.29, 0.717) is 12.2 Å². The lowest BCUT2D eigenvalue weighted by Crippen LogP contribution is -2.15. The molecule has 0 saturated heterocycles. The average molecular weight is 316 g/mol. The van der Waals surface area contributed by atoms with Crippen molar-refractivity contribution in [2.24, 2.45) is 0 Å². The van der Waals surface area contributed by atoms with Gasteiger partial charge in [0.25, 0.3) is 0 Å². The number of benzene rings is 1. The van der Waals surface area contributed by atoms with Crippen molar-refractivity contribution in [3.63, 3.8) is 0 Å². The molecule has 0 bridgehead atoms. The molecule has 0 amide bonds. The number of hydrogen-bond donors (Lipinski definition) is 1. The zero-order valence-electron chi connectivity index (χ0n) is 13.9. The topological polar surface area (TPSA) is 55.8 Å². The fraction of sp³-hybridized carbons (Fsp3) is 0.421. The second-order valence-corrected chi connectivity index (χ2v) is 5.85. The fourth-order valence-electron chi connectivity index (χ4n) is 2.83. The molecule has 0 fully saturated rings. The van der Waals surface area contributed by atoms with Gasteiger partial charge in [-0.25, -0.2) is 4.79 Å². The molecule has 0 radical (unpaired) electrons. The molecule has 2 atom stereocenters. The zero-order valence-corrected chi connectivity index (χ0v) is 13.9. The molecular formula is C19H24O4. The van der Waals surface area contributed by atoms with Gasteiger partial charge in [-0.3, -0.25) is 0 Å². The summed E-state index contributed by atoms with van der Waals surface area (Å²) in [6, 6.07) is 8.09. The largest absolute Gasteiger partial charge is 0.468 e. The smallest absolute Gasteiger partial charge is 0.337 e. The molecule has 23 heavy (non-hydrogen) atoms. The summed E-state index contributed by atoms with van der Waals surface area (Å²) in [7, 11) is 0. The minimum atomic E-state index is -1.07. The predicted octanol–water partition coefficient (Wildman–Crippen LogP) is 3.46. The van der Waals surface area contributed by atoms with Crippen LogP contribution in [0.25, 0.3) is 0 Å². The van der Waals surface area contributed by atoms with Crippen molar-refractivity contribution >= 4 is 5.97 Å². The van der Waals surface area contributed by atoms with Gasteiger partial charge in [0.1, 0.15) is 0 Å². The minimum absolute atomic E-state index is 0.0517. The summed E-state index contributed by atoms with van der Waals surface area (Å²) in [6.45, 7) is 5.82. The van der Waals surface area contributed by atoms with Crippen LogP contribution in [0.15, 0.2) is 47.7 Å². The summed E-state index contributed by atoms with van der Waals surface area (Å²) in [5.41, 5.74) is 3.78. The number of esters is 1. The summed E-state index contributed by atoms with van der Waals surface area (Å²) >= 11 is 0. The lowest BCUT2D eigenvalue weighted by molar-refractivity contribution is -0.139. The maximum absolute atomic E-state index is 12.3. The Labute approximate surface area is 137 Å². The second-order valence-electron chi connectivity index (χ2n) is 5.85. The van der Waals surface area contributed by atoms with Crippen LogP contribution in [0.5, 0.6) is 0 Å². The quantitative estimate of drug-likeness (QED) is 0.287. The van der Waals surface area contributed by atoms with Crippen LogP contribution in [0.3, 0.4) is 0 Å². The highest BCUT2D eigenvalue weighted by Gasteiger charge is 2.30. The van der Waals surface area contributed by atoms with Crippen molar-refractivity contribution in [3.05, 3.63) is 58.9 Å². The van der Waals surface area contributed by atoms with Crippen LogP contribution in [-0.4, -0.2) is 24.0 Å². The molecule has 4 nitrogen and oxygen atoms in total. The van der Waals surface area contributed by atoms with Gasteiger partial charge in [-0.2, -0.15) is 0 Å². The van der Waals surface area contributed by atoms with Crippen LogP contribution < -0.4 is 0 Å². The highest BCUT2D eigenvalue weighted by molar-refractivity contribution is 5.90. The molecular weight excluding hydrogens is 292 g/mol. The Balaban J connectivity index is 2.25. The number of aryl methyl sites for hydroxylation is 1. The normalized spacial score (nSPS) is 18.1. The lowest BCUT2D eigenvalue weighted by atomic mass is 9.93. The van der Waals surface area contributed by atoms with Gasteiger partial charge in [-0.1, -0.05) is 29.8 Å². The standard InChI is InChI=1S/C19H24O4/c1-4-22-19(21)17(12-23-18(20)11-13(2)3)16-10-9-14-7-5-6-8-15(14)16/h5-8,11-12,16,18,20H,4,9-10H2,1-3H3/b17-12+. The Morgan fingerprint density at radius 3 is 2.83 bits per heavy atom. The molecule has 1 aromatic carbocycles. The summed E-state index contributed by atoms with van der Waals surface area (Å²) < 4.78 is 10.5. The SMILES string of the molecule is CCOC(=O)/C(=C/OC(O)C=C(C)C)C1CCc2ccccc21. The molecule has 2 unspecified atom stereocenters. The van der Waals surface area contributed by atoms with Crippen molar-refractivity contribution in [2.45, 2.75) is 45.8 Å². The summed E-state index contributed by atoms with van der Waals surface area (Å²) in [6.07, 6.45) is 3.64. The first-order valence-electron chi connectivity index (χ1n) is 7.96. The number of hydrogen-bond acceptors (Lipinski definition) is 4. The summed E-state index contributed by atoms with van der Waals surface area (Å²) in [4.78, 5) is 12.3. The molecule has 1 N–H and O–H groups in total. The van der Waals surface area contributed by atoms with E-state index >= 15 is 0 Å². The van der Waals surface area contributed by atoms with E-state index in [1.54, 1.807) is 13.0 Å². The van der Waals surface area contributed by atoms with E-state index < -0.39 is 12.3 Å². The molecule has 0 saturated carbocycles. The van der Waals surface area contributed by atoms with E-state index in [9.17, 15) is 9.90 Å². The maximum Gasteiger partial charge on any atom is 0.337 e. The number of fused-ring (bicyclic) bond motifs is 1. The van der Waals surface area contributed by atoms with Crippen LogP contribution in [0.1, 0.15) is 44.2 Å². The lowest BCUT2D eigenvalue weighted by Gasteiger charge is -2.16. The Morgan fingerprint density at radius 1 is 1.39 bits per heavy atom. The molecule has 1 aliphatic carbocycles. The molecule has 124 valence electrons. The molecule has 2 rings (SSSR count). The van der Waals surface area contributed by atoms with Gasteiger partial charge in [-0.05, 0) is 50.8 Å². The molecule has 0 heterocycles. The third-order valence-corrected chi connectivity index (χ3v) is 3.83. The highest BCUT2D eigenvalue weighted by Crippen LogP contribution is 2.38. The van der Waals surface area contributed by atoms with E-state index in [1.807, 2.05) is 32.0 Å². The highest BCUT2D eigenvalue weighted by atomic mass is 16.6. The van der Waals surface area contributed by atoms with Gasteiger partial charge < -0.3 is 14.6 Å². The number of ether oxygens (including phenoxy) is 2. The molecule has 0 aromatic heterocycles. The van der Waals surface area contributed by atoms with Gasteiger partial charge in [0.15, 0.2) is 0 Å². The number of carbonyl (C=O) groups excluding carboxylic acids is 1. The first-order valence-corrected chi connectivity index (χ1v) is 7.96. The summed E-state index contributed by atoms with van der Waals surface area (Å²) in [5, 5.41) is 9.82. The van der Waals surface area contributed by atoms with Gasteiger partial charge in [-0.15, -0.1) is 0 Å². The van der Waals surface area contributed by atoms with Gasteiger partial charge in [0, 0.05) is 5.92 Å². The average Bonchev–Trinajstić information content (AvgIpc) is 2.91. The van der Waals surface area contributed by atoms with Crippen LogP contribution in [-0.2, 0) is 20.7 Å². The first-order chi connectivity index (χ1) is 11.0. The van der Waals surface area contributed by atoms with Crippen molar-refractivity contribution < 1.29 is 19.4 Å². The molecule has 0 spiro atoms. The monoisotopic (exact) mass is 316 g/mol. The van der Waals surface area contributed by atoms with E-state index in [4.69, 9.17) is 9.47 Å². The Hall–Kier alpha value is -2.07. The van der Waals surface area contributed by atoms with Crippen molar-refractivity contribution in [1.82, 2.24) is 0 Å². The van der Waals surface area contributed by atoms with Crippen molar-refractivity contribution in [1.29, 1.82) is 0 Å². The Bertz CT molecular complexity index is 612. The van der Waals surface area contributed by atoms with Gasteiger partial charge in [0.2, 0.25) is 6.29 Å². The number of rotatable bonds is 6. The van der Waals surface area contributed by atoms with E-state index in [2.05, 4.69) is 6.07 Å². The molecule has 1 aliphatic rings. The second kappa shape index (κ2) is 7.97. The van der Waals surface area contributed by atoms with Crippen LogP contribution >= 0.6 is 0 Å². The van der Waals surface area contributed by atoms with E-state index in [0.717, 1.165) is 24.0 Å². The molecule has 0 aliphatic heterocycles. The van der Waals surface area contributed by atoms with Crippen LogP contribution in [0.2, 0.25) is 0 Å². The Morgan fingerprint density at radius 2 is 2.13 bits per heavy atom. The summed E-state index contributed by atoms with van der Waals surface area (Å²) in [5.74, 6) is -0.442. The maximum atomic E-state index is 12.3. The minimum Gasteiger partial charge on any atom is -0.468 e. The molecule has 1 aromatic rings. The van der Waals surface area contributed by atoms with Gasteiger partial charge >= 0.3 is 5.97 Å². The van der Waals surface area contributed by atoms with Crippen molar-refractivity contribution in [2.75, 3.05) is 6.61 Å². The number of aliphatic hydroxyl groups is 1. The van der Waals surface area contributed by atoms with Crippen LogP contribution in [0, 0.1) is 0 Å². The van der Waals surface area contributed by atoms with Crippen LogP contribution in [0.4, 0.5) is 0 Å². The third kappa shape index (κ3) is 4.45. The van der Waals surface area contributed by atoms with E-state index in [-0.39, 0.29) is 5.92 Å². The Kier molecular flexibility index (Phi) is 5.99. The van der Waals surface area contributed by atoms with E-state index in [1.165, 1.54) is 11.8 Å². The number of carbonyl (C=O) groups is 1. The number of allylic oxidation sites excluding steroid dienone is 1.